The summed E-state index contributed by atoms with van der Waals surface area (Å²) >= 11 is 0. The minimum atomic E-state index is -1.49. The summed E-state index contributed by atoms with van der Waals surface area (Å²) in [6, 6.07) is 8.81. The van der Waals surface area contributed by atoms with Gasteiger partial charge in [-0.3, -0.25) is 0 Å². The summed E-state index contributed by atoms with van der Waals surface area (Å²) in [6.45, 7) is 6.92. The molecule has 0 heterocycles. The highest BCUT2D eigenvalue weighted by Crippen LogP contribution is 2.63. The molecule has 0 N–H and O–H groups in total. The van der Waals surface area contributed by atoms with E-state index >= 15 is 0 Å². The van der Waals surface area contributed by atoms with Crippen LogP contribution < -0.4 is 5.11 Å². The summed E-state index contributed by atoms with van der Waals surface area (Å²) in [5.41, 5.74) is 6.29. The van der Waals surface area contributed by atoms with Gasteiger partial charge in [0.15, 0.2) is 0 Å². The molecular formula is C33H44NOP. The van der Waals surface area contributed by atoms with Crippen molar-refractivity contribution >= 4 is 13.1 Å². The van der Waals surface area contributed by atoms with Gasteiger partial charge in [0.1, 0.15) is 7.41 Å². The highest BCUT2D eigenvalue weighted by Gasteiger charge is 2.41. The third-order valence-electron chi connectivity index (χ3n) is 7.94. The van der Waals surface area contributed by atoms with Crippen molar-refractivity contribution in [1.29, 1.82) is 0 Å². The average molecular weight is 502 g/mol. The lowest BCUT2D eigenvalue weighted by Gasteiger charge is -2.31. The summed E-state index contributed by atoms with van der Waals surface area (Å²) in [5, 5.41) is 13.7. The molecule has 1 aromatic carbocycles. The van der Waals surface area contributed by atoms with E-state index in [0.717, 1.165) is 18.4 Å². The molecule has 2 unspecified atom stereocenters. The minimum absolute atomic E-state index is 0.126. The topological polar surface area (TPSA) is 35.4 Å². The number of allylic oxidation sites excluding steroid dienone is 9. The standard InChI is InChI=1S/C33H44NOP/c1-4-7-20-36(21-8-5-2,22-9-6-3)34-33-29-17-13-12-16-28(29)25-31(33)30-19-18-26-14-10-11-15-27(23-26)24-32(30)35/h10-19,24,30-31H,4-9,20-23,25H2,1-3H3/b19-18-,32-24+,34-33+. The van der Waals surface area contributed by atoms with Crippen LogP contribution in [0.25, 0.3) is 0 Å². The van der Waals surface area contributed by atoms with Crippen LogP contribution in [0.3, 0.4) is 0 Å². The Morgan fingerprint density at radius 3 is 2.19 bits per heavy atom. The molecule has 3 aliphatic carbocycles. The Labute approximate surface area is 220 Å². The lowest BCUT2D eigenvalue weighted by atomic mass is 9.83. The van der Waals surface area contributed by atoms with Crippen molar-refractivity contribution in [3.05, 3.63) is 94.8 Å². The van der Waals surface area contributed by atoms with E-state index in [0.29, 0.717) is 0 Å². The van der Waals surface area contributed by atoms with E-state index in [-0.39, 0.29) is 17.6 Å². The number of benzene rings is 1. The maximum atomic E-state index is 13.7. The van der Waals surface area contributed by atoms with Gasteiger partial charge in [-0.1, -0.05) is 107 Å². The third-order valence-corrected chi connectivity index (χ3v) is 12.0. The number of nitrogens with zero attached hydrogens (tertiary/aromatic N) is 1. The Bertz CT molecular complexity index is 1060. The van der Waals surface area contributed by atoms with Crippen molar-refractivity contribution in [2.45, 2.75) is 72.1 Å². The number of unbranched alkanes of at least 4 members (excludes halogenated alkanes) is 3. The van der Waals surface area contributed by atoms with Gasteiger partial charge in [0, 0.05) is 11.5 Å². The summed E-state index contributed by atoms with van der Waals surface area (Å²) in [7, 11) is -1.49. The van der Waals surface area contributed by atoms with Gasteiger partial charge >= 0.3 is 0 Å². The maximum Gasteiger partial charge on any atom is 0.133 e. The summed E-state index contributed by atoms with van der Waals surface area (Å²) in [5.74, 6) is 0.199. The van der Waals surface area contributed by atoms with E-state index in [9.17, 15) is 5.11 Å². The molecule has 4 rings (SSSR count). The van der Waals surface area contributed by atoms with Gasteiger partial charge in [-0.25, -0.2) is 0 Å². The zero-order chi connectivity index (χ0) is 25.4. The highest BCUT2D eigenvalue weighted by molar-refractivity contribution is 7.74. The number of hydrogen-bond acceptors (Lipinski definition) is 2. The van der Waals surface area contributed by atoms with E-state index in [1.165, 1.54) is 79.4 Å². The van der Waals surface area contributed by atoms with Crippen molar-refractivity contribution < 1.29 is 5.11 Å². The van der Waals surface area contributed by atoms with Gasteiger partial charge in [-0.05, 0) is 54.7 Å². The fourth-order valence-electron chi connectivity index (χ4n) is 5.84. The Kier molecular flexibility index (Phi) is 9.60. The molecular weight excluding hydrogens is 457 g/mol. The first-order chi connectivity index (χ1) is 17.6. The van der Waals surface area contributed by atoms with Crippen LogP contribution in [-0.2, 0) is 6.42 Å². The second kappa shape index (κ2) is 12.9. The van der Waals surface area contributed by atoms with Crippen molar-refractivity contribution in [2.24, 2.45) is 16.6 Å². The monoisotopic (exact) mass is 501 g/mol. The largest absolute Gasteiger partial charge is 0.875 e. The molecule has 192 valence electrons. The smallest absolute Gasteiger partial charge is 0.133 e. The molecule has 36 heavy (non-hydrogen) atoms. The molecule has 2 bridgehead atoms. The SMILES string of the molecule is CCCC[P+](CCCC)(CCCC)/N=C1\c2ccccc2CC1C1/C=C\C2=CC=CC=C(/C=C\1[O-])C2. The van der Waals surface area contributed by atoms with Gasteiger partial charge in [-0.15, -0.1) is 10.5 Å². The summed E-state index contributed by atoms with van der Waals surface area (Å²) in [4.78, 5) is 0. The fourth-order valence-corrected chi connectivity index (χ4v) is 10.2. The van der Waals surface area contributed by atoms with Crippen molar-refractivity contribution in [3.63, 3.8) is 0 Å². The van der Waals surface area contributed by atoms with Gasteiger partial charge in [0.05, 0.1) is 24.2 Å². The number of fused-ring (bicyclic) bond motifs is 3. The summed E-state index contributed by atoms with van der Waals surface area (Å²) in [6.07, 6.45) is 27.7. The first kappa shape index (κ1) is 26.9. The molecule has 3 heteroatoms. The fraction of sp³-hybridized carbons (Fsp3) is 0.485. The minimum Gasteiger partial charge on any atom is -0.875 e. The van der Waals surface area contributed by atoms with Crippen molar-refractivity contribution in [2.75, 3.05) is 18.5 Å². The third kappa shape index (κ3) is 6.38. The molecule has 0 fully saturated rings. The lowest BCUT2D eigenvalue weighted by Crippen LogP contribution is -2.28. The van der Waals surface area contributed by atoms with Crippen LogP contribution in [-0.4, -0.2) is 24.2 Å². The van der Waals surface area contributed by atoms with Crippen molar-refractivity contribution in [3.8, 4) is 0 Å². The number of hydrogen-bond donors (Lipinski definition) is 0. The van der Waals surface area contributed by atoms with E-state index < -0.39 is 7.41 Å². The predicted molar refractivity (Wildman–Crippen MR) is 157 cm³/mol. The van der Waals surface area contributed by atoms with E-state index in [4.69, 9.17) is 4.76 Å². The highest BCUT2D eigenvalue weighted by atomic mass is 31.2. The zero-order valence-electron chi connectivity index (χ0n) is 22.6. The normalized spacial score (nSPS) is 24.8. The predicted octanol–water partition coefficient (Wildman–Crippen LogP) is 8.22. The molecule has 0 saturated carbocycles. The van der Waals surface area contributed by atoms with E-state index in [1.807, 2.05) is 12.2 Å². The molecule has 3 aliphatic rings. The Balaban J connectivity index is 1.80. The van der Waals surface area contributed by atoms with Crippen molar-refractivity contribution in [1.82, 2.24) is 0 Å². The van der Waals surface area contributed by atoms with E-state index in [2.05, 4.69) is 75.4 Å². The van der Waals surface area contributed by atoms with Gasteiger partial charge in [0.2, 0.25) is 0 Å². The maximum absolute atomic E-state index is 13.7. The molecule has 2 nitrogen and oxygen atoms in total. The first-order valence-electron chi connectivity index (χ1n) is 14.3. The molecule has 2 atom stereocenters. The molecule has 0 radical (unpaired) electrons. The molecule has 0 saturated heterocycles. The number of rotatable bonds is 11. The molecule has 1 aromatic rings. The van der Waals surface area contributed by atoms with E-state index in [1.54, 1.807) is 0 Å². The van der Waals surface area contributed by atoms with Crippen LogP contribution in [0, 0.1) is 11.8 Å². The Morgan fingerprint density at radius 2 is 1.53 bits per heavy atom. The van der Waals surface area contributed by atoms with Crippen LogP contribution in [0.4, 0.5) is 0 Å². The van der Waals surface area contributed by atoms with Crippen LogP contribution >= 0.6 is 7.41 Å². The zero-order valence-corrected chi connectivity index (χ0v) is 23.5. The quantitative estimate of drug-likeness (QED) is 0.281. The molecule has 0 aromatic heterocycles. The average Bonchev–Trinajstić information content (AvgIpc) is 3.06. The molecule has 0 spiro atoms. The molecule has 0 amide bonds. The summed E-state index contributed by atoms with van der Waals surface area (Å²) < 4.78 is 5.88. The second-order valence-electron chi connectivity index (χ2n) is 10.8. The second-order valence-corrected chi connectivity index (χ2v) is 14.5. The molecule has 0 aliphatic heterocycles. The van der Waals surface area contributed by atoms with Crippen LogP contribution in [0.5, 0.6) is 0 Å². The Hall–Kier alpha value is -2.18. The Morgan fingerprint density at radius 1 is 0.889 bits per heavy atom. The van der Waals surface area contributed by atoms with Crippen LogP contribution in [0.1, 0.15) is 76.8 Å². The lowest BCUT2D eigenvalue weighted by molar-refractivity contribution is -0.313. The van der Waals surface area contributed by atoms with Crippen LogP contribution in [0.15, 0.2) is 88.5 Å². The first-order valence-corrected chi connectivity index (χ1v) is 16.6. The van der Waals surface area contributed by atoms with Crippen LogP contribution in [0.2, 0.25) is 0 Å². The van der Waals surface area contributed by atoms with Gasteiger partial charge in [0.25, 0.3) is 0 Å². The van der Waals surface area contributed by atoms with Gasteiger partial charge < -0.3 is 5.11 Å². The van der Waals surface area contributed by atoms with Gasteiger partial charge in [-0.2, -0.15) is 0 Å².